The van der Waals surface area contributed by atoms with Crippen molar-refractivity contribution in [3.63, 3.8) is 0 Å². The first-order chi connectivity index (χ1) is 9.30. The summed E-state index contributed by atoms with van der Waals surface area (Å²) in [6, 6.07) is 7.26. The Labute approximate surface area is 116 Å². The van der Waals surface area contributed by atoms with Gasteiger partial charge in [0, 0.05) is 5.56 Å². The number of carboxylic acid groups (broad SMARTS) is 1. The van der Waals surface area contributed by atoms with Crippen molar-refractivity contribution < 1.29 is 23.1 Å². The predicted molar refractivity (Wildman–Crippen MR) is 66.6 cm³/mol. The highest BCUT2D eigenvalue weighted by Crippen LogP contribution is 2.36. The molecule has 0 aliphatic heterocycles. The van der Waals surface area contributed by atoms with Crippen LogP contribution < -0.4 is 0 Å². The molecule has 1 aromatic carbocycles. The number of pyridine rings is 1. The number of benzene rings is 1. The van der Waals surface area contributed by atoms with E-state index in [4.69, 9.17) is 16.7 Å². The van der Waals surface area contributed by atoms with Gasteiger partial charge in [0.15, 0.2) is 5.69 Å². The van der Waals surface area contributed by atoms with Crippen molar-refractivity contribution in [2.45, 2.75) is 6.18 Å². The molecule has 0 saturated carbocycles. The van der Waals surface area contributed by atoms with E-state index in [0.29, 0.717) is 0 Å². The number of hydrogen-bond donors (Lipinski definition) is 1. The molecule has 1 aromatic heterocycles. The van der Waals surface area contributed by atoms with Gasteiger partial charge in [-0.3, -0.25) is 0 Å². The molecule has 104 valence electrons. The Morgan fingerprint density at radius 2 is 1.80 bits per heavy atom. The van der Waals surface area contributed by atoms with Crippen LogP contribution in [0.4, 0.5) is 13.2 Å². The first-order valence-corrected chi connectivity index (χ1v) is 5.75. The van der Waals surface area contributed by atoms with Crippen LogP contribution in [0.15, 0.2) is 36.4 Å². The zero-order valence-electron chi connectivity index (χ0n) is 9.78. The molecule has 1 N–H and O–H groups in total. The maximum absolute atomic E-state index is 12.9. The van der Waals surface area contributed by atoms with Crippen LogP contribution in [0.25, 0.3) is 11.3 Å². The lowest BCUT2D eigenvalue weighted by Crippen LogP contribution is -2.08. The van der Waals surface area contributed by atoms with Crippen LogP contribution >= 0.6 is 11.6 Å². The lowest BCUT2D eigenvalue weighted by Gasteiger charge is -2.12. The van der Waals surface area contributed by atoms with Gasteiger partial charge in [0.05, 0.1) is 16.3 Å². The first-order valence-electron chi connectivity index (χ1n) is 5.37. The monoisotopic (exact) mass is 301 g/mol. The Morgan fingerprint density at radius 1 is 1.15 bits per heavy atom. The average molecular weight is 302 g/mol. The molecule has 0 amide bonds. The molecule has 0 spiro atoms. The SMILES string of the molecule is O=C(O)c1nc(-c2ccccc2C(F)(F)F)ccc1Cl. The van der Waals surface area contributed by atoms with Crippen molar-refractivity contribution in [1.29, 1.82) is 0 Å². The normalized spacial score (nSPS) is 11.4. The molecule has 0 unspecified atom stereocenters. The summed E-state index contributed by atoms with van der Waals surface area (Å²) in [7, 11) is 0. The zero-order valence-corrected chi connectivity index (χ0v) is 10.5. The number of alkyl halides is 3. The summed E-state index contributed by atoms with van der Waals surface area (Å²) < 4.78 is 38.7. The molecule has 1 heterocycles. The Bertz CT molecular complexity index is 671. The van der Waals surface area contributed by atoms with Gasteiger partial charge in [0.2, 0.25) is 0 Å². The van der Waals surface area contributed by atoms with Gasteiger partial charge in [-0.15, -0.1) is 0 Å². The number of carboxylic acids is 1. The lowest BCUT2D eigenvalue weighted by atomic mass is 10.0. The van der Waals surface area contributed by atoms with Crippen molar-refractivity contribution in [1.82, 2.24) is 4.98 Å². The molecule has 0 aliphatic rings. The molecule has 2 aromatic rings. The van der Waals surface area contributed by atoms with Crippen molar-refractivity contribution in [2.24, 2.45) is 0 Å². The van der Waals surface area contributed by atoms with Crippen molar-refractivity contribution in [2.75, 3.05) is 0 Å². The number of aromatic nitrogens is 1. The highest BCUT2D eigenvalue weighted by atomic mass is 35.5. The van der Waals surface area contributed by atoms with Gasteiger partial charge in [0.25, 0.3) is 0 Å². The smallest absolute Gasteiger partial charge is 0.417 e. The Kier molecular flexibility index (Phi) is 3.67. The fourth-order valence-electron chi connectivity index (χ4n) is 1.70. The summed E-state index contributed by atoms with van der Waals surface area (Å²) >= 11 is 5.64. The highest BCUT2D eigenvalue weighted by Gasteiger charge is 2.33. The van der Waals surface area contributed by atoms with Crippen LogP contribution in [-0.4, -0.2) is 16.1 Å². The van der Waals surface area contributed by atoms with Crippen molar-refractivity contribution in [3.8, 4) is 11.3 Å². The van der Waals surface area contributed by atoms with Crippen LogP contribution in [0.5, 0.6) is 0 Å². The molecular weight excluding hydrogens is 295 g/mol. The summed E-state index contributed by atoms with van der Waals surface area (Å²) in [4.78, 5) is 14.6. The average Bonchev–Trinajstić information content (AvgIpc) is 2.38. The van der Waals surface area contributed by atoms with Gasteiger partial charge < -0.3 is 5.11 Å². The van der Waals surface area contributed by atoms with Crippen LogP contribution in [0, 0.1) is 0 Å². The largest absolute Gasteiger partial charge is 0.476 e. The molecular formula is C13H7ClF3NO2. The highest BCUT2D eigenvalue weighted by molar-refractivity contribution is 6.33. The maximum Gasteiger partial charge on any atom is 0.417 e. The van der Waals surface area contributed by atoms with E-state index in [9.17, 15) is 18.0 Å². The van der Waals surface area contributed by atoms with Crippen molar-refractivity contribution >= 4 is 17.6 Å². The van der Waals surface area contributed by atoms with E-state index >= 15 is 0 Å². The summed E-state index contributed by atoms with van der Waals surface area (Å²) in [5, 5.41) is 8.76. The van der Waals surface area contributed by atoms with Gasteiger partial charge in [-0.1, -0.05) is 29.8 Å². The quantitative estimate of drug-likeness (QED) is 0.907. The van der Waals surface area contributed by atoms with Crippen LogP contribution in [-0.2, 0) is 6.18 Å². The standard InChI is InChI=1S/C13H7ClF3NO2/c14-9-5-6-10(18-11(9)12(19)20)7-3-1-2-4-8(7)13(15,16)17/h1-6H,(H,19,20). The Morgan fingerprint density at radius 3 is 2.40 bits per heavy atom. The second kappa shape index (κ2) is 5.13. The molecule has 0 bridgehead atoms. The topological polar surface area (TPSA) is 50.2 Å². The third-order valence-electron chi connectivity index (χ3n) is 2.56. The molecule has 3 nitrogen and oxygen atoms in total. The van der Waals surface area contributed by atoms with Gasteiger partial charge in [-0.25, -0.2) is 9.78 Å². The number of carbonyl (C=O) groups is 1. The molecule has 2 rings (SSSR count). The molecule has 0 saturated heterocycles. The summed E-state index contributed by atoms with van der Waals surface area (Å²) in [6.45, 7) is 0. The number of aromatic carboxylic acids is 1. The first kappa shape index (κ1) is 14.3. The number of nitrogens with zero attached hydrogens (tertiary/aromatic N) is 1. The fourth-order valence-corrected chi connectivity index (χ4v) is 1.88. The predicted octanol–water partition coefficient (Wildman–Crippen LogP) is 4.12. The third-order valence-corrected chi connectivity index (χ3v) is 2.86. The fraction of sp³-hybridized carbons (Fsp3) is 0.0769. The van der Waals surface area contributed by atoms with E-state index < -0.39 is 23.4 Å². The zero-order chi connectivity index (χ0) is 14.9. The molecule has 0 radical (unpaired) electrons. The molecule has 0 atom stereocenters. The summed E-state index contributed by atoms with van der Waals surface area (Å²) in [5.41, 5.74) is -1.66. The van der Waals surface area contributed by atoms with E-state index in [-0.39, 0.29) is 16.3 Å². The van der Waals surface area contributed by atoms with E-state index in [0.717, 1.165) is 6.07 Å². The van der Waals surface area contributed by atoms with Crippen LogP contribution in [0.2, 0.25) is 5.02 Å². The lowest BCUT2D eigenvalue weighted by molar-refractivity contribution is -0.137. The van der Waals surface area contributed by atoms with E-state index in [1.54, 1.807) is 0 Å². The minimum Gasteiger partial charge on any atom is -0.476 e. The Hall–Kier alpha value is -2.08. The Balaban J connectivity index is 2.64. The minimum atomic E-state index is -4.55. The second-order valence-electron chi connectivity index (χ2n) is 3.88. The summed E-state index contributed by atoms with van der Waals surface area (Å²) in [6.07, 6.45) is -4.55. The van der Waals surface area contributed by atoms with Gasteiger partial charge in [-0.05, 0) is 18.2 Å². The second-order valence-corrected chi connectivity index (χ2v) is 4.28. The molecule has 0 aliphatic carbocycles. The number of halogens is 4. The molecule has 0 fully saturated rings. The molecule has 7 heteroatoms. The van der Waals surface area contributed by atoms with Gasteiger partial charge >= 0.3 is 12.1 Å². The van der Waals surface area contributed by atoms with E-state index in [1.807, 2.05) is 0 Å². The minimum absolute atomic E-state index is 0.0975. The number of rotatable bonds is 2. The molecule has 20 heavy (non-hydrogen) atoms. The summed E-state index contributed by atoms with van der Waals surface area (Å²) in [5.74, 6) is -1.40. The van der Waals surface area contributed by atoms with E-state index in [2.05, 4.69) is 4.98 Å². The number of hydrogen-bond acceptors (Lipinski definition) is 2. The van der Waals surface area contributed by atoms with Gasteiger partial charge in [-0.2, -0.15) is 13.2 Å². The van der Waals surface area contributed by atoms with Crippen molar-refractivity contribution in [3.05, 3.63) is 52.7 Å². The van der Waals surface area contributed by atoms with Gasteiger partial charge in [0.1, 0.15) is 0 Å². The van der Waals surface area contributed by atoms with E-state index in [1.165, 1.54) is 30.3 Å². The maximum atomic E-state index is 12.9. The third kappa shape index (κ3) is 2.75. The van der Waals surface area contributed by atoms with Crippen LogP contribution in [0.1, 0.15) is 16.1 Å². The van der Waals surface area contributed by atoms with Crippen LogP contribution in [0.3, 0.4) is 0 Å².